The van der Waals surface area contributed by atoms with Crippen LogP contribution in [0.5, 0.6) is 11.5 Å². The quantitative estimate of drug-likeness (QED) is 0.884. The van der Waals surface area contributed by atoms with Gasteiger partial charge in [0.05, 0.1) is 26.2 Å². The molecule has 0 aliphatic carbocycles. The van der Waals surface area contributed by atoms with Crippen LogP contribution in [0.2, 0.25) is 5.02 Å². The van der Waals surface area contributed by atoms with Crippen LogP contribution < -0.4 is 14.4 Å². The van der Waals surface area contributed by atoms with Gasteiger partial charge in [0.15, 0.2) is 11.5 Å². The fourth-order valence-electron chi connectivity index (χ4n) is 3.48. The largest absolute Gasteiger partial charge is 0.485 e. The molecule has 2 heterocycles. The van der Waals surface area contributed by atoms with Gasteiger partial charge in [-0.1, -0.05) is 41.9 Å². The minimum absolute atomic E-state index is 0.0105. The van der Waals surface area contributed by atoms with E-state index in [4.69, 9.17) is 21.1 Å². The van der Waals surface area contributed by atoms with E-state index in [9.17, 15) is 4.79 Å². The van der Waals surface area contributed by atoms with Gasteiger partial charge in [-0.15, -0.1) is 0 Å². The van der Waals surface area contributed by atoms with Gasteiger partial charge in [-0.2, -0.15) is 0 Å². The van der Waals surface area contributed by atoms with E-state index in [0.29, 0.717) is 11.5 Å². The molecule has 26 heavy (non-hydrogen) atoms. The Balaban J connectivity index is 1.32. The standard InChI is InChI=1S/C20H21ClN2O3/c21-16-6-2-1-5-15(16)13-22-9-11-23(12-10-22)20(24)19-14-25-17-7-3-4-8-18(17)26-19/h1-8,19H,9-14H2/p+1/t19-/m0/s1. The number of hydrogen-bond donors (Lipinski definition) is 1. The van der Waals surface area contributed by atoms with Gasteiger partial charge in [0.2, 0.25) is 6.10 Å². The summed E-state index contributed by atoms with van der Waals surface area (Å²) >= 11 is 6.26. The van der Waals surface area contributed by atoms with E-state index in [0.717, 1.165) is 43.3 Å². The zero-order valence-electron chi connectivity index (χ0n) is 14.5. The predicted octanol–water partition coefficient (Wildman–Crippen LogP) is 1.41. The summed E-state index contributed by atoms with van der Waals surface area (Å²) in [7, 11) is 0. The summed E-state index contributed by atoms with van der Waals surface area (Å²) in [4.78, 5) is 16.1. The van der Waals surface area contributed by atoms with E-state index < -0.39 is 6.10 Å². The molecular formula is C20H22ClN2O3+. The molecular weight excluding hydrogens is 352 g/mol. The van der Waals surface area contributed by atoms with Crippen LogP contribution in [0, 0.1) is 0 Å². The van der Waals surface area contributed by atoms with Crippen molar-refractivity contribution < 1.29 is 19.2 Å². The van der Waals surface area contributed by atoms with E-state index >= 15 is 0 Å². The van der Waals surface area contributed by atoms with Crippen molar-refractivity contribution in [3.05, 3.63) is 59.1 Å². The molecule has 5 nitrogen and oxygen atoms in total. The summed E-state index contributed by atoms with van der Waals surface area (Å²) in [6, 6.07) is 15.4. The van der Waals surface area contributed by atoms with Gasteiger partial charge in [-0.25, -0.2) is 0 Å². The number of halogens is 1. The number of nitrogens with one attached hydrogen (secondary N) is 1. The summed E-state index contributed by atoms with van der Waals surface area (Å²) in [5.41, 5.74) is 1.16. The molecule has 1 saturated heterocycles. The number of ether oxygens (including phenoxy) is 2. The zero-order chi connectivity index (χ0) is 17.9. The lowest BCUT2D eigenvalue weighted by Crippen LogP contribution is -3.13. The zero-order valence-corrected chi connectivity index (χ0v) is 15.2. The Labute approximate surface area is 158 Å². The van der Waals surface area contributed by atoms with Gasteiger partial charge in [0, 0.05) is 10.6 Å². The number of rotatable bonds is 3. The van der Waals surface area contributed by atoms with Crippen LogP contribution in [0.25, 0.3) is 0 Å². The number of piperazine rings is 1. The highest BCUT2D eigenvalue weighted by Crippen LogP contribution is 2.31. The molecule has 2 aromatic carbocycles. The summed E-state index contributed by atoms with van der Waals surface area (Å²) in [5.74, 6) is 1.35. The maximum absolute atomic E-state index is 12.8. The number of carbonyl (C=O) groups excluding carboxylic acids is 1. The maximum Gasteiger partial charge on any atom is 0.267 e. The van der Waals surface area contributed by atoms with Gasteiger partial charge in [0.1, 0.15) is 13.2 Å². The number of carbonyl (C=O) groups is 1. The average Bonchev–Trinajstić information content (AvgIpc) is 2.69. The molecule has 1 amide bonds. The summed E-state index contributed by atoms with van der Waals surface area (Å²) in [6.07, 6.45) is -0.560. The van der Waals surface area contributed by atoms with Gasteiger partial charge in [-0.3, -0.25) is 4.79 Å². The molecule has 1 fully saturated rings. The topological polar surface area (TPSA) is 43.2 Å². The molecule has 1 atom stereocenters. The number of amides is 1. The van der Waals surface area contributed by atoms with Crippen LogP contribution in [-0.4, -0.2) is 49.7 Å². The molecule has 0 saturated carbocycles. The van der Waals surface area contributed by atoms with Crippen molar-refractivity contribution in [2.24, 2.45) is 0 Å². The monoisotopic (exact) mass is 373 g/mol. The Kier molecular flexibility index (Phi) is 5.00. The highest BCUT2D eigenvalue weighted by Gasteiger charge is 2.33. The maximum atomic E-state index is 12.8. The number of fused-ring (bicyclic) bond motifs is 1. The molecule has 136 valence electrons. The third-order valence-electron chi connectivity index (χ3n) is 4.96. The molecule has 0 aromatic heterocycles. The lowest BCUT2D eigenvalue weighted by Gasteiger charge is -2.35. The molecule has 4 rings (SSSR count). The summed E-state index contributed by atoms with van der Waals surface area (Å²) < 4.78 is 11.5. The molecule has 1 N–H and O–H groups in total. The molecule has 2 aliphatic rings. The van der Waals surface area contributed by atoms with Crippen LogP contribution in [-0.2, 0) is 11.3 Å². The van der Waals surface area contributed by atoms with Crippen molar-refractivity contribution in [3.8, 4) is 11.5 Å². The van der Waals surface area contributed by atoms with E-state index in [-0.39, 0.29) is 12.5 Å². The fourth-order valence-corrected chi connectivity index (χ4v) is 3.68. The van der Waals surface area contributed by atoms with E-state index in [2.05, 4.69) is 6.07 Å². The molecule has 2 aliphatic heterocycles. The van der Waals surface area contributed by atoms with Crippen molar-refractivity contribution in [2.45, 2.75) is 12.6 Å². The number of quaternary nitrogens is 1. The minimum atomic E-state index is -0.560. The Bertz CT molecular complexity index is 790. The Morgan fingerprint density at radius 1 is 1.08 bits per heavy atom. The third-order valence-corrected chi connectivity index (χ3v) is 5.33. The van der Waals surface area contributed by atoms with Gasteiger partial charge >= 0.3 is 0 Å². The van der Waals surface area contributed by atoms with Gasteiger partial charge in [0.25, 0.3) is 5.91 Å². The highest BCUT2D eigenvalue weighted by molar-refractivity contribution is 6.31. The van der Waals surface area contributed by atoms with Crippen molar-refractivity contribution in [2.75, 3.05) is 32.8 Å². The van der Waals surface area contributed by atoms with Crippen LogP contribution in [0.15, 0.2) is 48.5 Å². The lowest BCUT2D eigenvalue weighted by atomic mass is 10.2. The normalized spacial score (nSPS) is 20.0. The van der Waals surface area contributed by atoms with Crippen molar-refractivity contribution >= 4 is 17.5 Å². The van der Waals surface area contributed by atoms with Crippen LogP contribution >= 0.6 is 11.6 Å². The van der Waals surface area contributed by atoms with Crippen LogP contribution in [0.4, 0.5) is 0 Å². The smallest absolute Gasteiger partial charge is 0.267 e. The Hall–Kier alpha value is -2.24. The van der Waals surface area contributed by atoms with Crippen LogP contribution in [0.1, 0.15) is 5.56 Å². The Morgan fingerprint density at radius 2 is 1.77 bits per heavy atom. The van der Waals surface area contributed by atoms with E-state index in [1.165, 1.54) is 4.90 Å². The second-order valence-electron chi connectivity index (χ2n) is 6.71. The molecule has 0 bridgehead atoms. The van der Waals surface area contributed by atoms with Gasteiger partial charge < -0.3 is 19.3 Å². The number of para-hydroxylation sites is 2. The minimum Gasteiger partial charge on any atom is -0.485 e. The number of benzene rings is 2. The first-order valence-electron chi connectivity index (χ1n) is 8.95. The summed E-state index contributed by atoms with van der Waals surface area (Å²) in [6.45, 7) is 4.41. The first-order valence-corrected chi connectivity index (χ1v) is 9.33. The second-order valence-corrected chi connectivity index (χ2v) is 7.11. The molecule has 6 heteroatoms. The molecule has 0 spiro atoms. The molecule has 0 radical (unpaired) electrons. The SMILES string of the molecule is O=C([C@@H]1COc2ccccc2O1)N1CC[NH+](Cc2ccccc2Cl)CC1. The Morgan fingerprint density at radius 3 is 2.54 bits per heavy atom. The van der Waals surface area contributed by atoms with E-state index in [1.54, 1.807) is 0 Å². The number of hydrogen-bond acceptors (Lipinski definition) is 3. The van der Waals surface area contributed by atoms with Gasteiger partial charge in [-0.05, 0) is 18.2 Å². The van der Waals surface area contributed by atoms with Crippen molar-refractivity contribution in [3.63, 3.8) is 0 Å². The molecule has 2 aromatic rings. The van der Waals surface area contributed by atoms with Crippen molar-refractivity contribution in [1.82, 2.24) is 4.90 Å². The fraction of sp³-hybridized carbons (Fsp3) is 0.350. The first-order chi connectivity index (χ1) is 12.7. The first kappa shape index (κ1) is 17.2. The molecule has 0 unspecified atom stereocenters. The predicted molar refractivity (Wildman–Crippen MR) is 98.8 cm³/mol. The van der Waals surface area contributed by atoms with E-state index in [1.807, 2.05) is 47.4 Å². The third kappa shape index (κ3) is 3.64. The van der Waals surface area contributed by atoms with Crippen molar-refractivity contribution in [1.29, 1.82) is 0 Å². The van der Waals surface area contributed by atoms with Crippen LogP contribution in [0.3, 0.4) is 0 Å². The lowest BCUT2D eigenvalue weighted by molar-refractivity contribution is -0.917. The number of nitrogens with zero attached hydrogens (tertiary/aromatic N) is 1. The highest BCUT2D eigenvalue weighted by atomic mass is 35.5. The average molecular weight is 374 g/mol. The summed E-state index contributed by atoms with van der Waals surface area (Å²) in [5, 5.41) is 0.810. The second kappa shape index (κ2) is 7.56.